The van der Waals surface area contributed by atoms with Crippen molar-refractivity contribution in [3.63, 3.8) is 0 Å². The van der Waals surface area contributed by atoms with Gasteiger partial charge >= 0.3 is 0 Å². The van der Waals surface area contributed by atoms with Gasteiger partial charge in [0.2, 0.25) is 0 Å². The van der Waals surface area contributed by atoms with Gasteiger partial charge in [-0.3, -0.25) is 4.79 Å². The van der Waals surface area contributed by atoms with Gasteiger partial charge in [0, 0.05) is 21.1 Å². The molecule has 0 rings (SSSR count). The number of unbranched alkanes of at least 4 members (excludes halogenated alkanes) is 1. The van der Waals surface area contributed by atoms with Gasteiger partial charge in [-0.05, 0) is 6.42 Å². The van der Waals surface area contributed by atoms with Crippen LogP contribution in [0.2, 0.25) is 19.1 Å². The second-order valence-corrected chi connectivity index (χ2v) is 7.63. The lowest BCUT2D eigenvalue weighted by Gasteiger charge is -2.04. The molecular weight excluding hydrogens is 164 g/mol. The maximum absolute atomic E-state index is 11.2. The Morgan fingerprint density at radius 1 is 1.25 bits per heavy atom. The van der Waals surface area contributed by atoms with E-state index in [2.05, 4.69) is 13.1 Å². The summed E-state index contributed by atoms with van der Waals surface area (Å²) in [6.07, 6.45) is 3.18. The van der Waals surface area contributed by atoms with E-state index in [-0.39, 0.29) is 14.7 Å². The van der Waals surface area contributed by atoms with E-state index in [9.17, 15) is 4.79 Å². The smallest absolute Gasteiger partial charge is 0.135 e. The van der Waals surface area contributed by atoms with Crippen molar-refractivity contribution in [3.05, 3.63) is 0 Å². The highest BCUT2D eigenvalue weighted by molar-refractivity contribution is 6.55. The SMILES string of the molecule is CC(C)C(=O)CCCC[SiH](C)C. The Balaban J connectivity index is 3.26. The van der Waals surface area contributed by atoms with Crippen molar-refractivity contribution in [2.45, 2.75) is 52.2 Å². The first-order valence-electron chi connectivity index (χ1n) is 5.06. The minimum Gasteiger partial charge on any atom is -0.299 e. The minimum atomic E-state index is -0.369. The molecule has 0 aliphatic rings. The molecule has 0 aliphatic heterocycles. The van der Waals surface area contributed by atoms with Crippen LogP contribution in [0.3, 0.4) is 0 Å². The third kappa shape index (κ3) is 6.59. The fourth-order valence-electron chi connectivity index (χ4n) is 1.14. The number of carbonyl (C=O) groups is 1. The molecule has 0 radical (unpaired) electrons. The zero-order chi connectivity index (χ0) is 9.56. The summed E-state index contributed by atoms with van der Waals surface area (Å²) in [4.78, 5) is 11.2. The lowest BCUT2D eigenvalue weighted by molar-refractivity contribution is -0.121. The average Bonchev–Trinajstić information content (AvgIpc) is 1.97. The molecule has 0 amide bonds. The normalized spacial score (nSPS) is 11.2. The molecule has 0 aromatic rings. The van der Waals surface area contributed by atoms with E-state index in [1.54, 1.807) is 0 Å². The maximum atomic E-state index is 11.2. The highest BCUT2D eigenvalue weighted by atomic mass is 28.3. The van der Waals surface area contributed by atoms with Crippen LogP contribution in [0.4, 0.5) is 0 Å². The molecule has 0 unspecified atom stereocenters. The maximum Gasteiger partial charge on any atom is 0.135 e. The lowest BCUT2D eigenvalue weighted by Crippen LogP contribution is -2.07. The van der Waals surface area contributed by atoms with Crippen molar-refractivity contribution >= 4 is 14.6 Å². The summed E-state index contributed by atoms with van der Waals surface area (Å²) in [6, 6.07) is 1.39. The molecule has 0 spiro atoms. The number of Topliss-reactive ketones (excluding diaryl/α,β-unsaturated/α-hetero) is 1. The van der Waals surface area contributed by atoms with Crippen molar-refractivity contribution in [3.8, 4) is 0 Å². The van der Waals surface area contributed by atoms with Crippen LogP contribution in [-0.2, 0) is 4.79 Å². The molecule has 72 valence electrons. The van der Waals surface area contributed by atoms with Crippen LogP contribution in [0, 0.1) is 5.92 Å². The number of hydrogen-bond donors (Lipinski definition) is 0. The van der Waals surface area contributed by atoms with Gasteiger partial charge in [0.1, 0.15) is 5.78 Å². The van der Waals surface area contributed by atoms with E-state index in [0.29, 0.717) is 5.78 Å². The summed E-state index contributed by atoms with van der Waals surface area (Å²) in [5.41, 5.74) is 0. The third-order valence-corrected chi connectivity index (χ3v) is 3.66. The standard InChI is InChI=1S/C10H22OSi/c1-9(2)10(11)7-5-6-8-12(3)4/h9,12H,5-8H2,1-4H3. The summed E-state index contributed by atoms with van der Waals surface area (Å²) < 4.78 is 0. The van der Waals surface area contributed by atoms with Gasteiger partial charge in [0.25, 0.3) is 0 Å². The number of ketones is 1. The molecule has 0 saturated carbocycles. The Kier molecular flexibility index (Phi) is 6.35. The summed E-state index contributed by atoms with van der Waals surface area (Å²) >= 11 is 0. The van der Waals surface area contributed by atoms with E-state index >= 15 is 0 Å². The second-order valence-electron chi connectivity index (χ2n) is 4.26. The topological polar surface area (TPSA) is 17.1 Å². The molecule has 0 aromatic heterocycles. The quantitative estimate of drug-likeness (QED) is 0.460. The molecule has 1 nitrogen and oxygen atoms in total. The predicted octanol–water partition coefficient (Wildman–Crippen LogP) is 2.87. The van der Waals surface area contributed by atoms with E-state index in [4.69, 9.17) is 0 Å². The summed E-state index contributed by atoms with van der Waals surface area (Å²) in [7, 11) is -0.369. The largest absolute Gasteiger partial charge is 0.299 e. The van der Waals surface area contributed by atoms with Gasteiger partial charge in [0.05, 0.1) is 0 Å². The van der Waals surface area contributed by atoms with Crippen molar-refractivity contribution in [1.82, 2.24) is 0 Å². The molecule has 0 atom stereocenters. The Morgan fingerprint density at radius 2 is 1.83 bits per heavy atom. The molecule has 0 fully saturated rings. The first kappa shape index (κ1) is 11.9. The van der Waals surface area contributed by atoms with Crippen molar-refractivity contribution in [1.29, 1.82) is 0 Å². The molecule has 0 bridgehead atoms. The zero-order valence-corrected chi connectivity index (χ0v) is 10.0. The van der Waals surface area contributed by atoms with Crippen LogP contribution in [-0.4, -0.2) is 14.6 Å². The lowest BCUT2D eigenvalue weighted by atomic mass is 10.0. The number of carbonyl (C=O) groups excluding carboxylic acids is 1. The second kappa shape index (κ2) is 6.41. The van der Waals surface area contributed by atoms with Crippen LogP contribution in [0.15, 0.2) is 0 Å². The van der Waals surface area contributed by atoms with Crippen LogP contribution in [0.25, 0.3) is 0 Å². The van der Waals surface area contributed by atoms with E-state index in [0.717, 1.165) is 12.8 Å². The fourth-order valence-corrected chi connectivity index (χ4v) is 2.25. The highest BCUT2D eigenvalue weighted by Crippen LogP contribution is 2.07. The van der Waals surface area contributed by atoms with Crippen molar-refractivity contribution < 1.29 is 4.79 Å². The molecule has 0 aromatic carbocycles. The van der Waals surface area contributed by atoms with Crippen LogP contribution >= 0.6 is 0 Å². The van der Waals surface area contributed by atoms with Crippen molar-refractivity contribution in [2.75, 3.05) is 0 Å². The Bertz CT molecular complexity index is 130. The number of rotatable bonds is 6. The van der Waals surface area contributed by atoms with Gasteiger partial charge < -0.3 is 0 Å². The van der Waals surface area contributed by atoms with Gasteiger partial charge in [-0.25, -0.2) is 0 Å². The molecular formula is C10H22OSi. The first-order chi connectivity index (χ1) is 5.54. The molecule has 12 heavy (non-hydrogen) atoms. The predicted molar refractivity (Wildman–Crippen MR) is 57.4 cm³/mol. The fraction of sp³-hybridized carbons (Fsp3) is 0.900. The Morgan fingerprint density at radius 3 is 2.25 bits per heavy atom. The van der Waals surface area contributed by atoms with Gasteiger partial charge in [-0.1, -0.05) is 39.4 Å². The Labute approximate surface area is 78.2 Å². The highest BCUT2D eigenvalue weighted by Gasteiger charge is 2.06. The first-order valence-corrected chi connectivity index (χ1v) is 8.19. The molecule has 2 heteroatoms. The van der Waals surface area contributed by atoms with Gasteiger partial charge in [-0.2, -0.15) is 0 Å². The van der Waals surface area contributed by atoms with E-state index in [1.807, 2.05) is 13.8 Å². The molecule has 0 N–H and O–H groups in total. The van der Waals surface area contributed by atoms with Gasteiger partial charge in [-0.15, -0.1) is 0 Å². The summed E-state index contributed by atoms with van der Waals surface area (Å²) in [6.45, 7) is 8.70. The zero-order valence-electron chi connectivity index (χ0n) is 8.89. The van der Waals surface area contributed by atoms with E-state index in [1.165, 1.54) is 12.5 Å². The number of hydrogen-bond acceptors (Lipinski definition) is 1. The van der Waals surface area contributed by atoms with Crippen LogP contribution in [0.5, 0.6) is 0 Å². The van der Waals surface area contributed by atoms with E-state index < -0.39 is 0 Å². The molecule has 0 saturated heterocycles. The van der Waals surface area contributed by atoms with Crippen LogP contribution < -0.4 is 0 Å². The third-order valence-electron chi connectivity index (χ3n) is 2.10. The summed E-state index contributed by atoms with van der Waals surface area (Å²) in [5.74, 6) is 0.668. The van der Waals surface area contributed by atoms with Gasteiger partial charge in [0.15, 0.2) is 0 Å². The minimum absolute atomic E-state index is 0.237. The Hall–Kier alpha value is -0.113. The summed E-state index contributed by atoms with van der Waals surface area (Å²) in [5, 5.41) is 0. The average molecular weight is 186 g/mol. The molecule has 0 aliphatic carbocycles. The molecule has 0 heterocycles. The van der Waals surface area contributed by atoms with Crippen molar-refractivity contribution in [2.24, 2.45) is 5.92 Å². The monoisotopic (exact) mass is 186 g/mol. The van der Waals surface area contributed by atoms with Crippen LogP contribution in [0.1, 0.15) is 33.1 Å².